The van der Waals surface area contributed by atoms with Crippen molar-refractivity contribution in [1.82, 2.24) is 0 Å². The molecule has 0 radical (unpaired) electrons. The van der Waals surface area contributed by atoms with Gasteiger partial charge in [0.25, 0.3) is 0 Å². The maximum absolute atomic E-state index is 12.9. The Hall–Kier alpha value is -3.62. The van der Waals surface area contributed by atoms with Crippen LogP contribution in [0.5, 0.6) is 0 Å². The van der Waals surface area contributed by atoms with Crippen LogP contribution in [-0.2, 0) is 27.5 Å². The molecule has 0 aromatic heterocycles. The SMILES string of the molecule is O=P(O)(O)C[P+](c1ccccc1)(c1ccccc1)c1cccc(Cc2ccccc2)c1Cc1ccccc1.O=S(=O)([O-])C(F)(F)F. The third-order valence-corrected chi connectivity index (χ3v) is 14.5. The van der Waals surface area contributed by atoms with Crippen molar-refractivity contribution in [2.45, 2.75) is 18.3 Å². The second-order valence-electron chi connectivity index (χ2n) is 10.4. The molecule has 0 aliphatic rings. The van der Waals surface area contributed by atoms with Gasteiger partial charge >= 0.3 is 13.1 Å². The highest BCUT2D eigenvalue weighted by atomic mass is 32.2. The summed E-state index contributed by atoms with van der Waals surface area (Å²) < 4.78 is 71.8. The number of hydrogen-bond acceptors (Lipinski definition) is 4. The van der Waals surface area contributed by atoms with Crippen molar-refractivity contribution in [1.29, 1.82) is 0 Å². The molecule has 0 saturated carbocycles. The predicted octanol–water partition coefficient (Wildman–Crippen LogP) is 6.35. The van der Waals surface area contributed by atoms with E-state index in [0.717, 1.165) is 27.9 Å². The molecular weight excluding hydrogens is 655 g/mol. The number of benzene rings is 5. The Morgan fingerprint density at radius 2 is 1.02 bits per heavy atom. The largest absolute Gasteiger partial charge is 0.741 e. The molecule has 0 saturated heterocycles. The minimum absolute atomic E-state index is 0.218. The Labute approximate surface area is 266 Å². The van der Waals surface area contributed by atoms with Gasteiger partial charge in [-0.05, 0) is 53.4 Å². The summed E-state index contributed by atoms with van der Waals surface area (Å²) >= 11 is 0. The molecule has 0 atom stereocenters. The Morgan fingerprint density at radius 1 is 0.630 bits per heavy atom. The molecule has 0 bridgehead atoms. The number of halogens is 3. The first-order valence-electron chi connectivity index (χ1n) is 14.0. The van der Waals surface area contributed by atoms with Crippen LogP contribution in [0.1, 0.15) is 22.3 Å². The van der Waals surface area contributed by atoms with E-state index in [1.165, 1.54) is 16.7 Å². The summed E-state index contributed by atoms with van der Waals surface area (Å²) in [6, 6.07) is 47.0. The van der Waals surface area contributed by atoms with Crippen molar-refractivity contribution >= 4 is 40.9 Å². The van der Waals surface area contributed by atoms with Crippen molar-refractivity contribution in [3.05, 3.63) is 162 Å². The van der Waals surface area contributed by atoms with E-state index in [-0.39, 0.29) is 5.90 Å². The van der Waals surface area contributed by atoms with Crippen LogP contribution in [0.25, 0.3) is 0 Å². The molecule has 6 nitrogen and oxygen atoms in total. The van der Waals surface area contributed by atoms with Crippen LogP contribution < -0.4 is 15.9 Å². The molecule has 2 N–H and O–H groups in total. The van der Waals surface area contributed by atoms with Crippen molar-refractivity contribution in [3.63, 3.8) is 0 Å². The van der Waals surface area contributed by atoms with E-state index >= 15 is 0 Å². The van der Waals surface area contributed by atoms with Crippen LogP contribution >= 0.6 is 14.9 Å². The van der Waals surface area contributed by atoms with E-state index in [2.05, 4.69) is 54.6 Å². The molecule has 240 valence electrons. The average Bonchev–Trinajstić information content (AvgIpc) is 3.01. The first kappa shape index (κ1) is 35.2. The van der Waals surface area contributed by atoms with Gasteiger partial charge in [0, 0.05) is 12.0 Å². The van der Waals surface area contributed by atoms with Crippen LogP contribution in [0.3, 0.4) is 0 Å². The van der Waals surface area contributed by atoms with E-state index in [0.29, 0.717) is 6.42 Å². The average molecular weight is 687 g/mol. The third kappa shape index (κ3) is 9.01. The maximum atomic E-state index is 12.9. The standard InChI is InChI=1S/C33H30O3P2.CHF3O3S/c34-38(35,36)26-37(30-19-9-3-10-20-30,31-21-11-4-12-22-31)33-23-13-18-29(24-27-14-5-1-6-15-27)32(33)25-28-16-7-2-8-17-28;2-1(3,4)8(5,6)7/h1-23H,24-26H2,(H-,34,35,36);(H,5,6,7). The van der Waals surface area contributed by atoms with Crippen molar-refractivity contribution in [2.24, 2.45) is 0 Å². The highest BCUT2D eigenvalue weighted by Gasteiger charge is 2.51. The summed E-state index contributed by atoms with van der Waals surface area (Å²) in [4.78, 5) is 21.1. The third-order valence-electron chi connectivity index (χ3n) is 7.19. The van der Waals surface area contributed by atoms with Gasteiger partial charge in [-0.2, -0.15) is 13.2 Å². The predicted molar refractivity (Wildman–Crippen MR) is 176 cm³/mol. The second kappa shape index (κ2) is 14.9. The minimum atomic E-state index is -6.09. The van der Waals surface area contributed by atoms with Crippen molar-refractivity contribution in [3.8, 4) is 0 Å². The summed E-state index contributed by atoms with van der Waals surface area (Å²) in [7, 11) is -13.3. The zero-order valence-corrected chi connectivity index (χ0v) is 27.0. The molecular formula is C34H31F3O6P2S. The van der Waals surface area contributed by atoms with Gasteiger partial charge in [-0.15, -0.1) is 0 Å². The van der Waals surface area contributed by atoms with Gasteiger partial charge in [0.2, 0.25) is 0 Å². The molecule has 0 unspecified atom stereocenters. The fraction of sp³-hybridized carbons (Fsp3) is 0.118. The number of hydrogen-bond donors (Lipinski definition) is 2. The van der Waals surface area contributed by atoms with Gasteiger partial charge in [-0.1, -0.05) is 109 Å². The summed E-state index contributed by atoms with van der Waals surface area (Å²) in [5, 5.41) is 2.98. The summed E-state index contributed by atoms with van der Waals surface area (Å²) in [5.41, 5.74) is -0.939. The molecule has 46 heavy (non-hydrogen) atoms. The lowest BCUT2D eigenvalue weighted by Crippen LogP contribution is -2.36. The van der Waals surface area contributed by atoms with Crippen LogP contribution in [0.15, 0.2) is 140 Å². The topological polar surface area (TPSA) is 115 Å². The lowest BCUT2D eigenvalue weighted by atomic mass is 9.95. The molecule has 5 aromatic carbocycles. The molecule has 0 aliphatic heterocycles. The fourth-order valence-electron chi connectivity index (χ4n) is 5.27. The molecule has 0 fully saturated rings. The molecule has 0 spiro atoms. The van der Waals surface area contributed by atoms with Gasteiger partial charge < -0.3 is 14.3 Å². The molecule has 0 aliphatic carbocycles. The Bertz CT molecular complexity index is 1830. The van der Waals surface area contributed by atoms with Crippen LogP contribution in [0, 0.1) is 0 Å². The zero-order chi connectivity index (χ0) is 33.4. The normalized spacial score (nSPS) is 12.2. The summed E-state index contributed by atoms with van der Waals surface area (Å²) in [5.74, 6) is -0.218. The zero-order valence-electron chi connectivity index (χ0n) is 24.4. The quantitative estimate of drug-likeness (QED) is 0.106. The lowest BCUT2D eigenvalue weighted by molar-refractivity contribution is -0.0517. The van der Waals surface area contributed by atoms with E-state index in [1.807, 2.05) is 84.9 Å². The van der Waals surface area contributed by atoms with E-state index in [1.54, 1.807) is 0 Å². The first-order valence-corrected chi connectivity index (χ1v) is 19.1. The van der Waals surface area contributed by atoms with Crippen molar-refractivity contribution < 1.29 is 40.5 Å². The maximum Gasteiger partial charge on any atom is 0.485 e. The van der Waals surface area contributed by atoms with Gasteiger partial charge in [-0.3, -0.25) is 4.57 Å². The number of alkyl halides is 3. The second-order valence-corrected chi connectivity index (χ2v) is 17.4. The Kier molecular flexibility index (Phi) is 11.4. The van der Waals surface area contributed by atoms with Gasteiger partial charge in [-0.25, -0.2) is 8.42 Å². The lowest BCUT2D eigenvalue weighted by Gasteiger charge is -2.30. The smallest absolute Gasteiger partial charge is 0.485 e. The van der Waals surface area contributed by atoms with Gasteiger partial charge in [0.15, 0.2) is 16.0 Å². The van der Waals surface area contributed by atoms with Crippen molar-refractivity contribution in [2.75, 3.05) is 5.90 Å². The summed E-state index contributed by atoms with van der Waals surface area (Å²) in [6.07, 6.45) is 1.43. The molecule has 0 heterocycles. The van der Waals surface area contributed by atoms with E-state index in [4.69, 9.17) is 13.0 Å². The first-order chi connectivity index (χ1) is 21.7. The van der Waals surface area contributed by atoms with Crippen LogP contribution in [-0.4, -0.2) is 34.2 Å². The van der Waals surface area contributed by atoms with Gasteiger partial charge in [0.1, 0.15) is 23.2 Å². The molecule has 12 heteroatoms. The number of rotatable bonds is 9. The van der Waals surface area contributed by atoms with Gasteiger partial charge in [0.05, 0.1) is 0 Å². The summed E-state index contributed by atoms with van der Waals surface area (Å²) in [6.45, 7) is 0. The Morgan fingerprint density at radius 3 is 1.41 bits per heavy atom. The molecule has 5 aromatic rings. The highest BCUT2D eigenvalue weighted by Crippen LogP contribution is 2.64. The molecule has 5 rings (SSSR count). The Balaban J connectivity index is 0.000000533. The van der Waals surface area contributed by atoms with E-state index < -0.39 is 30.5 Å². The van der Waals surface area contributed by atoms with Crippen LogP contribution in [0.4, 0.5) is 13.2 Å². The fourth-order valence-corrected chi connectivity index (χ4v) is 12.6. The van der Waals surface area contributed by atoms with Crippen LogP contribution in [0.2, 0.25) is 0 Å². The highest BCUT2D eigenvalue weighted by molar-refractivity contribution is 8.00. The monoisotopic (exact) mass is 686 g/mol. The molecule has 0 amide bonds. The minimum Gasteiger partial charge on any atom is -0.741 e. The van der Waals surface area contributed by atoms with E-state index in [9.17, 15) is 27.5 Å².